The average molecular weight is 493 g/mol. The first-order valence-electron chi connectivity index (χ1n) is 10.6. The van der Waals surface area contributed by atoms with Crippen molar-refractivity contribution in [2.24, 2.45) is 5.73 Å². The van der Waals surface area contributed by atoms with Gasteiger partial charge in [-0.3, -0.25) is 18.3 Å². The molecular weight excluding hydrogens is 464 g/mol. The van der Waals surface area contributed by atoms with E-state index in [1.807, 2.05) is 6.92 Å². The van der Waals surface area contributed by atoms with Crippen molar-refractivity contribution in [2.45, 2.75) is 31.4 Å². The van der Waals surface area contributed by atoms with E-state index in [0.717, 1.165) is 19.2 Å². The molecule has 1 fully saturated rings. The zero-order chi connectivity index (χ0) is 25.1. The standard InChI is InChI=1S/C22H24N2O4.CH4O4S/c1-22(12-24-10-11-28-22)17(23)9-7-13-6-8-16(25)19-18(13)20(26)14-4-2-3-5-15(14)21(19)27;1-5-6(2,3)4/h2-6,8,17,24-25H,7,9-12,23H2,1H3;1H3,(H,2,3,4). The highest BCUT2D eigenvalue weighted by atomic mass is 32.3. The van der Waals surface area contributed by atoms with Crippen LogP contribution in [-0.4, -0.2) is 68.1 Å². The fraction of sp³-hybridized carbons (Fsp3) is 0.391. The van der Waals surface area contributed by atoms with E-state index in [4.69, 9.17) is 15.0 Å². The van der Waals surface area contributed by atoms with E-state index in [1.54, 1.807) is 30.3 Å². The molecule has 2 unspecified atom stereocenters. The Labute approximate surface area is 198 Å². The minimum Gasteiger partial charge on any atom is -0.507 e. The second kappa shape index (κ2) is 10.3. The third kappa shape index (κ3) is 5.52. The van der Waals surface area contributed by atoms with Gasteiger partial charge < -0.3 is 20.9 Å². The highest BCUT2D eigenvalue weighted by Gasteiger charge is 2.36. The number of carbonyl (C=O) groups excluding carboxylic acids is 2. The predicted molar refractivity (Wildman–Crippen MR) is 123 cm³/mol. The molecule has 0 spiro atoms. The highest BCUT2D eigenvalue weighted by Crippen LogP contribution is 2.35. The summed E-state index contributed by atoms with van der Waals surface area (Å²) in [4.78, 5) is 26.0. The molecule has 1 saturated heterocycles. The molecule has 4 rings (SSSR count). The van der Waals surface area contributed by atoms with Crippen molar-refractivity contribution >= 4 is 22.0 Å². The van der Waals surface area contributed by atoms with E-state index in [9.17, 15) is 23.1 Å². The number of hydrogen-bond donors (Lipinski definition) is 4. The summed E-state index contributed by atoms with van der Waals surface area (Å²) in [5, 5.41) is 13.6. The summed E-state index contributed by atoms with van der Waals surface area (Å²) in [7, 11) is -3.29. The number of phenols is 1. The molecule has 2 aromatic carbocycles. The van der Waals surface area contributed by atoms with E-state index in [-0.39, 0.29) is 28.9 Å². The summed E-state index contributed by atoms with van der Waals surface area (Å²) in [6, 6.07) is 9.69. The van der Waals surface area contributed by atoms with E-state index < -0.39 is 16.0 Å². The summed E-state index contributed by atoms with van der Waals surface area (Å²) in [5.74, 6) is -0.713. The van der Waals surface area contributed by atoms with Crippen molar-refractivity contribution in [3.8, 4) is 5.75 Å². The van der Waals surface area contributed by atoms with Gasteiger partial charge in [0.25, 0.3) is 0 Å². The lowest BCUT2D eigenvalue weighted by atomic mass is 9.80. The van der Waals surface area contributed by atoms with Crippen LogP contribution in [0.15, 0.2) is 36.4 Å². The summed E-state index contributed by atoms with van der Waals surface area (Å²) in [5.41, 5.74) is 7.76. The van der Waals surface area contributed by atoms with E-state index in [1.165, 1.54) is 6.07 Å². The van der Waals surface area contributed by atoms with Crippen molar-refractivity contribution < 1.29 is 36.6 Å². The Balaban J connectivity index is 0.000000481. The molecule has 1 aliphatic carbocycles. The molecule has 184 valence electrons. The number of rotatable bonds is 5. The second-order valence-corrected chi connectivity index (χ2v) is 9.46. The van der Waals surface area contributed by atoms with Gasteiger partial charge in [-0.25, -0.2) is 0 Å². The van der Waals surface area contributed by atoms with Gasteiger partial charge in [-0.05, 0) is 31.4 Å². The fourth-order valence-corrected chi connectivity index (χ4v) is 4.08. The van der Waals surface area contributed by atoms with E-state index in [0.29, 0.717) is 42.7 Å². The monoisotopic (exact) mass is 492 g/mol. The lowest BCUT2D eigenvalue weighted by molar-refractivity contribution is -0.0701. The summed E-state index contributed by atoms with van der Waals surface area (Å²) < 4.78 is 35.6. The Hall–Kier alpha value is -2.67. The average Bonchev–Trinajstić information content (AvgIpc) is 2.81. The Morgan fingerprint density at radius 1 is 1.15 bits per heavy atom. The number of ketones is 2. The number of fused-ring (bicyclic) bond motifs is 2. The van der Waals surface area contributed by atoms with Crippen LogP contribution < -0.4 is 11.1 Å². The van der Waals surface area contributed by atoms with Gasteiger partial charge in [-0.1, -0.05) is 30.3 Å². The van der Waals surface area contributed by atoms with Gasteiger partial charge in [-0.15, -0.1) is 0 Å². The van der Waals surface area contributed by atoms with Crippen LogP contribution in [-0.2, 0) is 25.7 Å². The number of hydrogen-bond acceptors (Lipinski definition) is 9. The molecule has 1 heterocycles. The van der Waals surface area contributed by atoms with Crippen molar-refractivity contribution in [2.75, 3.05) is 26.8 Å². The highest BCUT2D eigenvalue weighted by molar-refractivity contribution is 7.80. The number of carbonyl (C=O) groups is 2. The molecule has 5 N–H and O–H groups in total. The van der Waals surface area contributed by atoms with Crippen LogP contribution in [0.3, 0.4) is 0 Å². The lowest BCUT2D eigenvalue weighted by Crippen LogP contribution is -2.58. The number of phenolic OH excluding ortho intramolecular Hbond substituents is 1. The molecule has 0 radical (unpaired) electrons. The maximum atomic E-state index is 13.1. The molecule has 0 saturated carbocycles. The number of morpholine rings is 1. The Bertz CT molecular complexity index is 1190. The minimum atomic E-state index is -4.16. The molecule has 2 atom stereocenters. The Morgan fingerprint density at radius 3 is 2.26 bits per heavy atom. The van der Waals surface area contributed by atoms with Gasteiger partial charge >= 0.3 is 10.4 Å². The first kappa shape index (κ1) is 25.9. The van der Waals surface area contributed by atoms with Crippen LogP contribution in [0.4, 0.5) is 0 Å². The predicted octanol–water partition coefficient (Wildman–Crippen LogP) is 1.24. The Morgan fingerprint density at radius 2 is 1.74 bits per heavy atom. The molecule has 0 aromatic heterocycles. The first-order chi connectivity index (χ1) is 16.0. The smallest absolute Gasteiger partial charge is 0.397 e. The lowest BCUT2D eigenvalue weighted by Gasteiger charge is -2.39. The van der Waals surface area contributed by atoms with Crippen LogP contribution in [0.1, 0.15) is 50.8 Å². The molecule has 34 heavy (non-hydrogen) atoms. The molecule has 10 nitrogen and oxygen atoms in total. The third-order valence-corrected chi connectivity index (χ3v) is 6.47. The zero-order valence-electron chi connectivity index (χ0n) is 18.9. The molecule has 1 aliphatic heterocycles. The molecule has 2 aliphatic rings. The van der Waals surface area contributed by atoms with Crippen LogP contribution in [0, 0.1) is 0 Å². The van der Waals surface area contributed by atoms with Gasteiger partial charge in [0.15, 0.2) is 11.6 Å². The molecule has 0 amide bonds. The van der Waals surface area contributed by atoms with Gasteiger partial charge in [0, 0.05) is 35.8 Å². The van der Waals surface area contributed by atoms with Crippen LogP contribution in [0.2, 0.25) is 0 Å². The number of aromatic hydroxyl groups is 1. The van der Waals surface area contributed by atoms with Gasteiger partial charge in [0.2, 0.25) is 0 Å². The van der Waals surface area contributed by atoms with E-state index in [2.05, 4.69) is 9.50 Å². The normalized spacial score (nSPS) is 20.6. The van der Waals surface area contributed by atoms with Crippen molar-refractivity contribution in [1.82, 2.24) is 5.32 Å². The molecule has 11 heteroatoms. The van der Waals surface area contributed by atoms with E-state index >= 15 is 0 Å². The molecular formula is C23H28N2O8S. The Kier molecular flexibility index (Phi) is 7.86. The van der Waals surface area contributed by atoms with Crippen molar-refractivity contribution in [3.05, 3.63) is 64.2 Å². The number of benzene rings is 2. The van der Waals surface area contributed by atoms with Crippen LogP contribution in [0.5, 0.6) is 5.75 Å². The van der Waals surface area contributed by atoms with Crippen LogP contribution in [0.25, 0.3) is 0 Å². The SMILES string of the molecule is CC1(C(N)CCc2ccc(O)c3c2C(=O)c2ccccc2C3=O)CNCCO1.COS(=O)(=O)O. The zero-order valence-corrected chi connectivity index (χ0v) is 19.7. The maximum Gasteiger partial charge on any atom is 0.397 e. The van der Waals surface area contributed by atoms with Gasteiger partial charge in [0.05, 0.1) is 24.9 Å². The quantitative estimate of drug-likeness (QED) is 0.381. The third-order valence-electron chi connectivity index (χ3n) is 6.05. The second-order valence-electron chi connectivity index (χ2n) is 8.28. The summed E-state index contributed by atoms with van der Waals surface area (Å²) >= 11 is 0. The minimum absolute atomic E-state index is 0.0940. The fourth-order valence-electron chi connectivity index (χ4n) is 4.08. The topological polar surface area (TPSA) is 165 Å². The summed E-state index contributed by atoms with van der Waals surface area (Å²) in [6.07, 6.45) is 1.11. The number of nitrogens with one attached hydrogen (secondary N) is 1. The van der Waals surface area contributed by atoms with Gasteiger partial charge in [0.1, 0.15) is 5.75 Å². The maximum absolute atomic E-state index is 13.1. The van der Waals surface area contributed by atoms with Crippen molar-refractivity contribution in [1.29, 1.82) is 0 Å². The number of aryl methyl sites for hydroxylation is 1. The largest absolute Gasteiger partial charge is 0.507 e. The van der Waals surface area contributed by atoms with Gasteiger partial charge in [-0.2, -0.15) is 8.42 Å². The molecule has 0 bridgehead atoms. The molecule has 2 aromatic rings. The number of nitrogens with two attached hydrogens (primary N) is 1. The van der Waals surface area contributed by atoms with Crippen LogP contribution >= 0.6 is 0 Å². The number of ether oxygens (including phenoxy) is 1. The summed E-state index contributed by atoms with van der Waals surface area (Å²) in [6.45, 7) is 4.08. The van der Waals surface area contributed by atoms with Crippen molar-refractivity contribution in [3.63, 3.8) is 0 Å². The first-order valence-corrected chi connectivity index (χ1v) is 12.0.